The van der Waals surface area contributed by atoms with Crippen molar-refractivity contribution in [3.05, 3.63) is 35.0 Å². The van der Waals surface area contributed by atoms with E-state index in [0.29, 0.717) is 10.9 Å². The van der Waals surface area contributed by atoms with Gasteiger partial charge in [-0.1, -0.05) is 26.8 Å². The summed E-state index contributed by atoms with van der Waals surface area (Å²) in [6.45, 7) is 6.28. The molecule has 0 radical (unpaired) electrons. The van der Waals surface area contributed by atoms with Crippen molar-refractivity contribution in [2.75, 3.05) is 5.32 Å². The molecule has 100 valence electrons. The molecule has 0 aliphatic rings. The Morgan fingerprint density at radius 3 is 2.63 bits per heavy atom. The van der Waals surface area contributed by atoms with Crippen LogP contribution >= 0.6 is 11.3 Å². The molecule has 0 fully saturated rings. The molecule has 2 rings (SSSR count). The van der Waals surface area contributed by atoms with Gasteiger partial charge in [-0.05, 0) is 12.1 Å². The lowest BCUT2D eigenvalue weighted by Crippen LogP contribution is -2.11. The van der Waals surface area contributed by atoms with E-state index in [9.17, 15) is 4.79 Å². The molecular formula is C13H15N3O2S. The number of pyridine rings is 1. The fraction of sp³-hybridized carbons (Fsp3) is 0.308. The number of hydrogen-bond donors (Lipinski definition) is 2. The molecule has 0 saturated carbocycles. The third kappa shape index (κ3) is 3.29. The molecule has 2 N–H and O–H groups in total. The standard InChI is InChI=1S/C13H15N3O2S/c1-13(2,3)9-7-19-12(15-9)16-10-6-4-5-8(14-10)11(17)18/h4-7H,1-3H3,(H,17,18)(H,14,15,16). The minimum Gasteiger partial charge on any atom is -0.477 e. The van der Waals surface area contributed by atoms with Gasteiger partial charge < -0.3 is 10.4 Å². The summed E-state index contributed by atoms with van der Waals surface area (Å²) in [4.78, 5) is 19.3. The van der Waals surface area contributed by atoms with Gasteiger partial charge >= 0.3 is 5.97 Å². The van der Waals surface area contributed by atoms with Crippen LogP contribution < -0.4 is 5.32 Å². The lowest BCUT2D eigenvalue weighted by atomic mass is 9.93. The summed E-state index contributed by atoms with van der Waals surface area (Å²) in [5.74, 6) is -0.562. The summed E-state index contributed by atoms with van der Waals surface area (Å²) in [6, 6.07) is 4.82. The van der Waals surface area contributed by atoms with E-state index in [1.165, 1.54) is 17.4 Å². The van der Waals surface area contributed by atoms with Crippen LogP contribution in [0.2, 0.25) is 0 Å². The van der Waals surface area contributed by atoms with Gasteiger partial charge in [-0.25, -0.2) is 14.8 Å². The number of carboxylic acid groups (broad SMARTS) is 1. The largest absolute Gasteiger partial charge is 0.477 e. The number of nitrogens with one attached hydrogen (secondary N) is 1. The first kappa shape index (κ1) is 13.5. The zero-order valence-electron chi connectivity index (χ0n) is 11.0. The van der Waals surface area contributed by atoms with E-state index in [-0.39, 0.29) is 11.1 Å². The average Bonchev–Trinajstić information content (AvgIpc) is 2.77. The molecule has 0 spiro atoms. The topological polar surface area (TPSA) is 75.1 Å². The maximum absolute atomic E-state index is 10.8. The summed E-state index contributed by atoms with van der Waals surface area (Å²) in [6.07, 6.45) is 0. The molecule has 5 nitrogen and oxygen atoms in total. The third-order valence-electron chi connectivity index (χ3n) is 2.48. The predicted octanol–water partition coefficient (Wildman–Crippen LogP) is 3.28. The Morgan fingerprint density at radius 2 is 2.05 bits per heavy atom. The van der Waals surface area contributed by atoms with Gasteiger partial charge in [0.05, 0.1) is 5.69 Å². The van der Waals surface area contributed by atoms with Crippen molar-refractivity contribution in [3.63, 3.8) is 0 Å². The molecule has 0 saturated heterocycles. The lowest BCUT2D eigenvalue weighted by Gasteiger charge is -2.14. The van der Waals surface area contributed by atoms with Gasteiger partial charge in [-0.3, -0.25) is 0 Å². The number of aromatic carboxylic acids is 1. The number of thiazole rings is 1. The van der Waals surface area contributed by atoms with E-state index in [4.69, 9.17) is 5.11 Å². The Hall–Kier alpha value is -1.95. The van der Waals surface area contributed by atoms with Crippen LogP contribution in [0.3, 0.4) is 0 Å². The Morgan fingerprint density at radius 1 is 1.32 bits per heavy atom. The zero-order chi connectivity index (χ0) is 14.0. The van der Waals surface area contributed by atoms with Crippen molar-refractivity contribution in [1.82, 2.24) is 9.97 Å². The average molecular weight is 277 g/mol. The number of aromatic nitrogens is 2. The van der Waals surface area contributed by atoms with Crippen LogP contribution in [0.5, 0.6) is 0 Å². The van der Waals surface area contributed by atoms with Crippen molar-refractivity contribution in [2.24, 2.45) is 0 Å². The SMILES string of the molecule is CC(C)(C)c1csc(Nc2cccc(C(=O)O)n2)n1. The van der Waals surface area contributed by atoms with Crippen LogP contribution in [0.1, 0.15) is 37.0 Å². The molecule has 2 aromatic rings. The van der Waals surface area contributed by atoms with E-state index < -0.39 is 5.97 Å². The van der Waals surface area contributed by atoms with E-state index in [1.807, 2.05) is 5.38 Å². The highest BCUT2D eigenvalue weighted by Crippen LogP contribution is 2.27. The molecule has 0 atom stereocenters. The fourth-order valence-electron chi connectivity index (χ4n) is 1.41. The molecule has 0 bridgehead atoms. The van der Waals surface area contributed by atoms with Crippen LogP contribution in [0, 0.1) is 0 Å². The lowest BCUT2D eigenvalue weighted by molar-refractivity contribution is 0.0690. The summed E-state index contributed by atoms with van der Waals surface area (Å²) >= 11 is 1.48. The van der Waals surface area contributed by atoms with Crippen molar-refractivity contribution in [2.45, 2.75) is 26.2 Å². The third-order valence-corrected chi connectivity index (χ3v) is 3.23. The maximum Gasteiger partial charge on any atom is 0.354 e. The van der Waals surface area contributed by atoms with Crippen LogP contribution in [-0.4, -0.2) is 21.0 Å². The van der Waals surface area contributed by atoms with Gasteiger partial charge in [0.1, 0.15) is 5.82 Å². The molecule has 0 aliphatic heterocycles. The van der Waals surface area contributed by atoms with Crippen molar-refractivity contribution in [3.8, 4) is 0 Å². The van der Waals surface area contributed by atoms with E-state index in [1.54, 1.807) is 12.1 Å². The van der Waals surface area contributed by atoms with Gasteiger partial charge in [0.25, 0.3) is 0 Å². The predicted molar refractivity (Wildman–Crippen MR) is 75.3 cm³/mol. The summed E-state index contributed by atoms with van der Waals surface area (Å²) in [5.41, 5.74) is 0.999. The highest BCUT2D eigenvalue weighted by atomic mass is 32.1. The summed E-state index contributed by atoms with van der Waals surface area (Å²) < 4.78 is 0. The molecule has 2 aromatic heterocycles. The first-order valence-electron chi connectivity index (χ1n) is 5.79. The molecule has 19 heavy (non-hydrogen) atoms. The van der Waals surface area contributed by atoms with Crippen molar-refractivity contribution in [1.29, 1.82) is 0 Å². The number of carbonyl (C=O) groups is 1. The van der Waals surface area contributed by atoms with Gasteiger partial charge in [-0.15, -0.1) is 11.3 Å². The minimum atomic E-state index is -1.04. The number of rotatable bonds is 3. The molecule has 0 aromatic carbocycles. The second kappa shape index (κ2) is 4.97. The zero-order valence-corrected chi connectivity index (χ0v) is 11.8. The monoisotopic (exact) mass is 277 g/mol. The van der Waals surface area contributed by atoms with E-state index in [0.717, 1.165) is 5.69 Å². The number of nitrogens with zero attached hydrogens (tertiary/aromatic N) is 2. The van der Waals surface area contributed by atoms with Crippen molar-refractivity contribution >= 4 is 28.3 Å². The smallest absolute Gasteiger partial charge is 0.354 e. The summed E-state index contributed by atoms with van der Waals surface area (Å²) in [5, 5.41) is 14.6. The molecular weight excluding hydrogens is 262 g/mol. The van der Waals surface area contributed by atoms with E-state index in [2.05, 4.69) is 36.1 Å². The summed E-state index contributed by atoms with van der Waals surface area (Å²) in [7, 11) is 0. The van der Waals surface area contributed by atoms with Crippen LogP contribution in [0.4, 0.5) is 10.9 Å². The molecule has 6 heteroatoms. The molecule has 0 unspecified atom stereocenters. The Bertz CT molecular complexity index is 602. The van der Waals surface area contributed by atoms with Crippen LogP contribution in [0.15, 0.2) is 23.6 Å². The number of hydrogen-bond acceptors (Lipinski definition) is 5. The van der Waals surface area contributed by atoms with Gasteiger partial charge in [0.15, 0.2) is 10.8 Å². The minimum absolute atomic E-state index is 0.00717. The normalized spacial score (nSPS) is 11.3. The van der Waals surface area contributed by atoms with Crippen LogP contribution in [0.25, 0.3) is 0 Å². The van der Waals surface area contributed by atoms with Gasteiger partial charge in [-0.2, -0.15) is 0 Å². The molecule has 0 aliphatic carbocycles. The number of carboxylic acids is 1. The number of anilines is 2. The second-order valence-corrected chi connectivity index (χ2v) is 5.98. The fourth-order valence-corrected chi connectivity index (χ4v) is 2.35. The first-order chi connectivity index (χ1) is 8.86. The van der Waals surface area contributed by atoms with Crippen LogP contribution in [-0.2, 0) is 5.41 Å². The quantitative estimate of drug-likeness (QED) is 0.900. The molecule has 2 heterocycles. The highest BCUT2D eigenvalue weighted by molar-refractivity contribution is 7.13. The van der Waals surface area contributed by atoms with Gasteiger partial charge in [0, 0.05) is 10.8 Å². The Labute approximate surface area is 115 Å². The maximum atomic E-state index is 10.8. The molecule has 0 amide bonds. The van der Waals surface area contributed by atoms with Gasteiger partial charge in [0.2, 0.25) is 0 Å². The second-order valence-electron chi connectivity index (χ2n) is 5.13. The van der Waals surface area contributed by atoms with E-state index >= 15 is 0 Å². The Kier molecular flexibility index (Phi) is 3.53. The van der Waals surface area contributed by atoms with Crippen molar-refractivity contribution < 1.29 is 9.90 Å². The first-order valence-corrected chi connectivity index (χ1v) is 6.67. The highest BCUT2D eigenvalue weighted by Gasteiger charge is 2.17. The Balaban J connectivity index is 2.19.